The first-order valence-corrected chi connectivity index (χ1v) is 5.92. The van der Waals surface area contributed by atoms with Crippen LogP contribution in [-0.2, 0) is 11.3 Å². The number of thiazole rings is 1. The van der Waals surface area contributed by atoms with Crippen LogP contribution in [0.15, 0.2) is 5.38 Å². The van der Waals surface area contributed by atoms with Crippen molar-refractivity contribution in [3.63, 3.8) is 0 Å². The molecule has 1 heterocycles. The van der Waals surface area contributed by atoms with E-state index in [4.69, 9.17) is 0 Å². The number of hydrogen-bond acceptors (Lipinski definition) is 4. The predicted octanol–water partition coefficient (Wildman–Crippen LogP) is 1.07. The minimum Gasteiger partial charge on any atom is -0.350 e. The van der Waals surface area contributed by atoms with E-state index in [0.717, 1.165) is 23.7 Å². The summed E-state index contributed by atoms with van der Waals surface area (Å²) in [5.74, 6) is 0.0955. The van der Waals surface area contributed by atoms with Crippen LogP contribution in [0.1, 0.15) is 23.5 Å². The van der Waals surface area contributed by atoms with Crippen molar-refractivity contribution in [2.75, 3.05) is 13.6 Å². The Balaban J connectivity index is 2.16. The molecule has 84 valence electrons. The standard InChI is InChI=1S/C10H17N3OS/c1-8-7-15-10(13-8)6-12-9(14)4-3-5-11-2/h7,11H,3-6H2,1-2H3,(H,12,14). The topological polar surface area (TPSA) is 54.0 Å². The number of carbonyl (C=O) groups excluding carboxylic acids is 1. The molecule has 0 aromatic carbocycles. The van der Waals surface area contributed by atoms with E-state index in [9.17, 15) is 4.79 Å². The van der Waals surface area contributed by atoms with E-state index in [-0.39, 0.29) is 5.91 Å². The summed E-state index contributed by atoms with van der Waals surface area (Å²) < 4.78 is 0. The molecule has 15 heavy (non-hydrogen) atoms. The lowest BCUT2D eigenvalue weighted by atomic mass is 10.3. The fourth-order valence-electron chi connectivity index (χ4n) is 1.17. The first-order chi connectivity index (χ1) is 7.22. The molecule has 0 bridgehead atoms. The van der Waals surface area contributed by atoms with Gasteiger partial charge in [0.25, 0.3) is 0 Å². The second-order valence-electron chi connectivity index (χ2n) is 3.37. The Morgan fingerprint density at radius 3 is 3.00 bits per heavy atom. The first-order valence-electron chi connectivity index (χ1n) is 5.04. The van der Waals surface area contributed by atoms with Crippen molar-refractivity contribution in [3.8, 4) is 0 Å². The molecule has 0 saturated carbocycles. The number of nitrogens with one attached hydrogen (secondary N) is 2. The predicted molar refractivity (Wildman–Crippen MR) is 61.9 cm³/mol. The summed E-state index contributed by atoms with van der Waals surface area (Å²) >= 11 is 1.58. The van der Waals surface area contributed by atoms with E-state index in [1.165, 1.54) is 0 Å². The Bertz CT molecular complexity index is 311. The molecule has 0 unspecified atom stereocenters. The molecule has 1 aromatic rings. The normalized spacial score (nSPS) is 10.3. The van der Waals surface area contributed by atoms with E-state index in [2.05, 4.69) is 15.6 Å². The molecule has 0 spiro atoms. The summed E-state index contributed by atoms with van der Waals surface area (Å²) in [6, 6.07) is 0. The van der Waals surface area contributed by atoms with Gasteiger partial charge in [0.2, 0.25) is 5.91 Å². The monoisotopic (exact) mass is 227 g/mol. The number of hydrogen-bond donors (Lipinski definition) is 2. The Morgan fingerprint density at radius 2 is 2.40 bits per heavy atom. The lowest BCUT2D eigenvalue weighted by molar-refractivity contribution is -0.121. The minimum atomic E-state index is 0.0955. The molecule has 0 aliphatic heterocycles. The van der Waals surface area contributed by atoms with Crippen molar-refractivity contribution >= 4 is 17.2 Å². The first kappa shape index (κ1) is 12.1. The molecule has 5 heteroatoms. The van der Waals surface area contributed by atoms with Gasteiger partial charge in [0.15, 0.2) is 0 Å². The van der Waals surface area contributed by atoms with Gasteiger partial charge in [-0.25, -0.2) is 4.98 Å². The van der Waals surface area contributed by atoms with Gasteiger partial charge in [-0.3, -0.25) is 4.79 Å². The van der Waals surface area contributed by atoms with Gasteiger partial charge in [0.1, 0.15) is 5.01 Å². The Morgan fingerprint density at radius 1 is 1.60 bits per heavy atom. The molecule has 0 fully saturated rings. The van der Waals surface area contributed by atoms with Gasteiger partial charge in [-0.05, 0) is 26.9 Å². The molecule has 1 rings (SSSR count). The van der Waals surface area contributed by atoms with Crippen molar-refractivity contribution in [3.05, 3.63) is 16.1 Å². The zero-order valence-corrected chi connectivity index (χ0v) is 9.99. The van der Waals surface area contributed by atoms with Crippen molar-refractivity contribution in [1.29, 1.82) is 0 Å². The third-order valence-corrected chi connectivity index (χ3v) is 2.90. The fraction of sp³-hybridized carbons (Fsp3) is 0.600. The van der Waals surface area contributed by atoms with Crippen molar-refractivity contribution in [1.82, 2.24) is 15.6 Å². The third kappa shape index (κ3) is 4.90. The van der Waals surface area contributed by atoms with Crippen LogP contribution in [0.2, 0.25) is 0 Å². The number of aryl methyl sites for hydroxylation is 1. The highest BCUT2D eigenvalue weighted by Gasteiger charge is 2.02. The molecule has 4 nitrogen and oxygen atoms in total. The smallest absolute Gasteiger partial charge is 0.220 e. The molecule has 0 aliphatic carbocycles. The van der Waals surface area contributed by atoms with Crippen LogP contribution < -0.4 is 10.6 Å². The SMILES string of the molecule is CNCCCC(=O)NCc1nc(C)cs1. The van der Waals surface area contributed by atoms with E-state index in [1.807, 2.05) is 19.4 Å². The van der Waals surface area contributed by atoms with Gasteiger partial charge in [-0.15, -0.1) is 11.3 Å². The number of carbonyl (C=O) groups is 1. The van der Waals surface area contributed by atoms with Crippen LogP contribution in [0.25, 0.3) is 0 Å². The van der Waals surface area contributed by atoms with E-state index in [1.54, 1.807) is 11.3 Å². The lowest BCUT2D eigenvalue weighted by Crippen LogP contribution is -2.23. The van der Waals surface area contributed by atoms with Gasteiger partial charge >= 0.3 is 0 Å². The van der Waals surface area contributed by atoms with Crippen LogP contribution in [0.3, 0.4) is 0 Å². The maximum atomic E-state index is 11.3. The van der Waals surface area contributed by atoms with Crippen LogP contribution in [-0.4, -0.2) is 24.5 Å². The number of rotatable bonds is 6. The maximum Gasteiger partial charge on any atom is 0.220 e. The highest BCUT2D eigenvalue weighted by Crippen LogP contribution is 2.07. The Hall–Kier alpha value is -0.940. The molecular weight excluding hydrogens is 210 g/mol. The molecule has 0 atom stereocenters. The average Bonchev–Trinajstić information content (AvgIpc) is 2.62. The number of aromatic nitrogens is 1. The Kier molecular flexibility index (Phi) is 5.28. The van der Waals surface area contributed by atoms with Gasteiger partial charge in [0, 0.05) is 17.5 Å². The van der Waals surface area contributed by atoms with E-state index >= 15 is 0 Å². The van der Waals surface area contributed by atoms with Crippen LogP contribution in [0, 0.1) is 6.92 Å². The molecule has 2 N–H and O–H groups in total. The summed E-state index contributed by atoms with van der Waals surface area (Å²) in [5, 5.41) is 8.82. The van der Waals surface area contributed by atoms with Crippen molar-refractivity contribution in [2.24, 2.45) is 0 Å². The zero-order chi connectivity index (χ0) is 11.1. The molecule has 0 radical (unpaired) electrons. The number of amides is 1. The summed E-state index contributed by atoms with van der Waals surface area (Å²) in [7, 11) is 1.89. The lowest BCUT2D eigenvalue weighted by Gasteiger charge is -2.02. The maximum absolute atomic E-state index is 11.3. The van der Waals surface area contributed by atoms with Crippen LogP contribution in [0.4, 0.5) is 0 Å². The summed E-state index contributed by atoms with van der Waals surface area (Å²) in [6.07, 6.45) is 1.45. The summed E-state index contributed by atoms with van der Waals surface area (Å²) in [5.41, 5.74) is 1.01. The third-order valence-electron chi connectivity index (χ3n) is 1.93. The highest BCUT2D eigenvalue weighted by molar-refractivity contribution is 7.09. The quantitative estimate of drug-likeness (QED) is 0.715. The second-order valence-corrected chi connectivity index (χ2v) is 4.31. The Labute approximate surface area is 94.1 Å². The fourth-order valence-corrected chi connectivity index (χ4v) is 1.88. The van der Waals surface area contributed by atoms with Crippen LogP contribution >= 0.6 is 11.3 Å². The van der Waals surface area contributed by atoms with E-state index in [0.29, 0.717) is 13.0 Å². The molecular formula is C10H17N3OS. The largest absolute Gasteiger partial charge is 0.350 e. The second kappa shape index (κ2) is 6.53. The van der Waals surface area contributed by atoms with Gasteiger partial charge in [-0.1, -0.05) is 0 Å². The van der Waals surface area contributed by atoms with Gasteiger partial charge in [0.05, 0.1) is 6.54 Å². The number of nitrogens with zero attached hydrogens (tertiary/aromatic N) is 1. The summed E-state index contributed by atoms with van der Waals surface area (Å²) in [6.45, 7) is 3.38. The van der Waals surface area contributed by atoms with Crippen LogP contribution in [0.5, 0.6) is 0 Å². The zero-order valence-electron chi connectivity index (χ0n) is 9.17. The van der Waals surface area contributed by atoms with E-state index < -0.39 is 0 Å². The average molecular weight is 227 g/mol. The van der Waals surface area contributed by atoms with Crippen molar-refractivity contribution < 1.29 is 4.79 Å². The summed E-state index contributed by atoms with van der Waals surface area (Å²) in [4.78, 5) is 15.6. The molecule has 0 aliphatic rings. The molecule has 1 aromatic heterocycles. The van der Waals surface area contributed by atoms with Gasteiger partial charge < -0.3 is 10.6 Å². The minimum absolute atomic E-state index is 0.0955. The highest BCUT2D eigenvalue weighted by atomic mass is 32.1. The van der Waals surface area contributed by atoms with Crippen molar-refractivity contribution in [2.45, 2.75) is 26.3 Å². The molecule has 0 saturated heterocycles. The van der Waals surface area contributed by atoms with Gasteiger partial charge in [-0.2, -0.15) is 0 Å². The molecule has 1 amide bonds.